The normalized spacial score (nSPS) is 14.2. The number of ether oxygens (including phenoxy) is 1. The predicted molar refractivity (Wildman–Crippen MR) is 160 cm³/mol. The molecule has 1 aromatic heterocycles. The van der Waals surface area contributed by atoms with Crippen molar-refractivity contribution in [3.8, 4) is 0 Å². The molecule has 1 fully saturated rings. The number of benzene rings is 2. The van der Waals surface area contributed by atoms with Gasteiger partial charge in [0.05, 0.1) is 11.9 Å². The highest BCUT2D eigenvalue weighted by molar-refractivity contribution is 7.70. The van der Waals surface area contributed by atoms with Crippen LogP contribution >= 0.6 is 18.7 Å². The molecule has 1 saturated heterocycles. The zero-order chi connectivity index (χ0) is 28.4. The van der Waals surface area contributed by atoms with Crippen molar-refractivity contribution < 1.29 is 14.1 Å². The van der Waals surface area contributed by atoms with E-state index in [1.54, 1.807) is 18.2 Å². The van der Waals surface area contributed by atoms with Crippen LogP contribution in [0.3, 0.4) is 0 Å². The standard InChI is InChI=1S/C28H36ClN6O3P/c1-19-17-20(11-12-23(19)34-13-15-35(16-14-34)27(36)38-28(2,3)4)31-26-30-18-21(29)25(33-26)32-22-9-7-8-10-24(22)39(5,6)37/h7-12,17-18H,13-16H2,1-6H3,(H2,30,31,32,33). The van der Waals surface area contributed by atoms with Gasteiger partial charge in [0.1, 0.15) is 17.8 Å². The quantitative estimate of drug-likeness (QED) is 0.336. The summed E-state index contributed by atoms with van der Waals surface area (Å²) in [4.78, 5) is 25.3. The summed E-state index contributed by atoms with van der Waals surface area (Å²) in [5.41, 5.74) is 3.24. The molecule has 1 aliphatic heterocycles. The molecule has 0 bridgehead atoms. The Balaban J connectivity index is 1.44. The van der Waals surface area contributed by atoms with E-state index in [-0.39, 0.29) is 6.09 Å². The maximum absolute atomic E-state index is 12.7. The van der Waals surface area contributed by atoms with Crippen LogP contribution in [0.5, 0.6) is 0 Å². The number of halogens is 1. The van der Waals surface area contributed by atoms with Crippen molar-refractivity contribution in [1.82, 2.24) is 14.9 Å². The van der Waals surface area contributed by atoms with E-state index in [1.807, 2.05) is 57.2 Å². The zero-order valence-corrected chi connectivity index (χ0v) is 24.9. The summed E-state index contributed by atoms with van der Waals surface area (Å²) in [7, 11) is -2.51. The van der Waals surface area contributed by atoms with E-state index in [2.05, 4.69) is 38.5 Å². The van der Waals surface area contributed by atoms with Gasteiger partial charge in [-0.05, 0) is 76.9 Å². The summed E-state index contributed by atoms with van der Waals surface area (Å²) in [6.07, 6.45) is 1.27. The Hall–Kier alpha value is -3.29. The maximum Gasteiger partial charge on any atom is 0.410 e. The Morgan fingerprint density at radius 2 is 1.74 bits per heavy atom. The highest BCUT2D eigenvalue weighted by Crippen LogP contribution is 2.38. The van der Waals surface area contributed by atoms with Crippen molar-refractivity contribution in [2.24, 2.45) is 0 Å². The molecule has 1 amide bonds. The molecule has 0 spiro atoms. The van der Waals surface area contributed by atoms with E-state index >= 15 is 0 Å². The molecule has 3 aromatic rings. The molecule has 11 heteroatoms. The summed E-state index contributed by atoms with van der Waals surface area (Å²) in [6.45, 7) is 13.8. The van der Waals surface area contributed by atoms with Gasteiger partial charge in [0, 0.05) is 42.9 Å². The number of hydrogen-bond acceptors (Lipinski definition) is 8. The van der Waals surface area contributed by atoms with Crippen molar-refractivity contribution in [1.29, 1.82) is 0 Å². The van der Waals surface area contributed by atoms with Crippen LogP contribution in [-0.4, -0.2) is 66.1 Å². The van der Waals surface area contributed by atoms with E-state index in [0.29, 0.717) is 35.6 Å². The Bertz CT molecular complexity index is 1400. The van der Waals surface area contributed by atoms with Crippen LogP contribution < -0.4 is 20.8 Å². The third kappa shape index (κ3) is 7.43. The molecular weight excluding hydrogens is 535 g/mol. The Morgan fingerprint density at radius 3 is 2.38 bits per heavy atom. The molecule has 208 valence electrons. The minimum Gasteiger partial charge on any atom is -0.444 e. The molecule has 4 rings (SSSR count). The number of hydrogen-bond donors (Lipinski definition) is 2. The minimum atomic E-state index is -2.51. The van der Waals surface area contributed by atoms with Gasteiger partial charge in [-0.15, -0.1) is 0 Å². The minimum absolute atomic E-state index is 0.267. The number of anilines is 5. The van der Waals surface area contributed by atoms with Gasteiger partial charge in [-0.2, -0.15) is 4.98 Å². The lowest BCUT2D eigenvalue weighted by atomic mass is 10.1. The van der Waals surface area contributed by atoms with E-state index in [0.717, 1.165) is 35.3 Å². The fourth-order valence-corrected chi connectivity index (χ4v) is 5.66. The molecule has 0 atom stereocenters. The average molecular weight is 571 g/mol. The SMILES string of the molecule is Cc1cc(Nc2ncc(Cl)c(Nc3ccccc3P(C)(C)=O)n2)ccc1N1CCN(C(=O)OC(C)(C)C)CC1. The largest absolute Gasteiger partial charge is 0.444 e. The molecule has 39 heavy (non-hydrogen) atoms. The highest BCUT2D eigenvalue weighted by atomic mass is 35.5. The Morgan fingerprint density at radius 1 is 1.05 bits per heavy atom. The van der Waals surface area contributed by atoms with Gasteiger partial charge in [0.2, 0.25) is 5.95 Å². The Kier molecular flexibility index (Phi) is 8.42. The number of carbonyl (C=O) groups excluding carboxylic acids is 1. The molecule has 1 aliphatic rings. The molecule has 0 radical (unpaired) electrons. The van der Waals surface area contributed by atoms with Gasteiger partial charge < -0.3 is 29.7 Å². The first-order valence-electron chi connectivity index (χ1n) is 12.8. The van der Waals surface area contributed by atoms with E-state index < -0.39 is 12.7 Å². The van der Waals surface area contributed by atoms with Crippen LogP contribution in [0.15, 0.2) is 48.7 Å². The fourth-order valence-electron chi connectivity index (χ4n) is 4.37. The lowest BCUT2D eigenvalue weighted by Crippen LogP contribution is -2.50. The van der Waals surface area contributed by atoms with Crippen LogP contribution in [0.2, 0.25) is 5.02 Å². The molecule has 2 aromatic carbocycles. The molecule has 0 saturated carbocycles. The van der Waals surface area contributed by atoms with E-state index in [9.17, 15) is 9.36 Å². The maximum atomic E-state index is 12.7. The second kappa shape index (κ2) is 11.4. The number of carbonyl (C=O) groups is 1. The van der Waals surface area contributed by atoms with Crippen molar-refractivity contribution in [2.45, 2.75) is 33.3 Å². The molecule has 2 N–H and O–H groups in total. The summed E-state index contributed by atoms with van der Waals surface area (Å²) in [6, 6.07) is 13.5. The van der Waals surface area contributed by atoms with Gasteiger partial charge in [-0.3, -0.25) is 0 Å². The lowest BCUT2D eigenvalue weighted by Gasteiger charge is -2.37. The van der Waals surface area contributed by atoms with Crippen molar-refractivity contribution in [3.05, 3.63) is 59.2 Å². The van der Waals surface area contributed by atoms with Crippen LogP contribution in [0.25, 0.3) is 0 Å². The predicted octanol–water partition coefficient (Wildman–Crippen LogP) is 6.23. The topological polar surface area (TPSA) is 99.7 Å². The summed E-state index contributed by atoms with van der Waals surface area (Å²) >= 11 is 6.39. The summed E-state index contributed by atoms with van der Waals surface area (Å²) < 4.78 is 18.3. The first-order valence-corrected chi connectivity index (χ1v) is 15.8. The van der Waals surface area contributed by atoms with Crippen LogP contribution in [-0.2, 0) is 9.30 Å². The van der Waals surface area contributed by atoms with Crippen LogP contribution in [0.4, 0.5) is 33.6 Å². The van der Waals surface area contributed by atoms with Crippen molar-refractivity contribution in [2.75, 3.05) is 55.0 Å². The smallest absolute Gasteiger partial charge is 0.410 e. The Labute approximate surface area is 235 Å². The summed E-state index contributed by atoms with van der Waals surface area (Å²) in [5.74, 6) is 0.806. The number of nitrogens with one attached hydrogen (secondary N) is 2. The van der Waals surface area contributed by atoms with Gasteiger partial charge in [-0.25, -0.2) is 9.78 Å². The molecular formula is C28H36ClN6O3P. The molecule has 0 aliphatic carbocycles. The number of piperazine rings is 1. The molecule has 0 unspecified atom stereocenters. The third-order valence-electron chi connectivity index (χ3n) is 6.21. The van der Waals surface area contributed by atoms with Crippen molar-refractivity contribution in [3.63, 3.8) is 0 Å². The van der Waals surface area contributed by atoms with Crippen LogP contribution in [0, 0.1) is 6.92 Å². The number of rotatable bonds is 6. The number of aryl methyl sites for hydroxylation is 1. The van der Waals surface area contributed by atoms with E-state index in [4.69, 9.17) is 16.3 Å². The summed E-state index contributed by atoms with van der Waals surface area (Å²) in [5, 5.41) is 7.56. The number of para-hydroxylation sites is 1. The highest BCUT2D eigenvalue weighted by Gasteiger charge is 2.26. The fraction of sp³-hybridized carbons (Fsp3) is 0.393. The van der Waals surface area contributed by atoms with Crippen LogP contribution in [0.1, 0.15) is 26.3 Å². The monoisotopic (exact) mass is 570 g/mol. The number of aromatic nitrogens is 2. The van der Waals surface area contributed by atoms with Gasteiger partial charge >= 0.3 is 6.09 Å². The van der Waals surface area contributed by atoms with Crippen molar-refractivity contribution >= 4 is 59.0 Å². The van der Waals surface area contributed by atoms with Gasteiger partial charge in [0.25, 0.3) is 0 Å². The third-order valence-corrected chi connectivity index (χ3v) is 8.03. The first-order chi connectivity index (χ1) is 18.3. The second-order valence-electron chi connectivity index (χ2n) is 11.0. The molecule has 2 heterocycles. The zero-order valence-electron chi connectivity index (χ0n) is 23.3. The molecule has 9 nitrogen and oxygen atoms in total. The first kappa shape index (κ1) is 28.7. The van der Waals surface area contributed by atoms with Gasteiger partial charge in [0.15, 0.2) is 5.82 Å². The second-order valence-corrected chi connectivity index (χ2v) is 14.6. The van der Waals surface area contributed by atoms with E-state index in [1.165, 1.54) is 6.20 Å². The van der Waals surface area contributed by atoms with Gasteiger partial charge in [-0.1, -0.05) is 23.7 Å². The average Bonchev–Trinajstić information content (AvgIpc) is 2.85. The lowest BCUT2D eigenvalue weighted by molar-refractivity contribution is 0.0240. The number of amides is 1. The number of nitrogens with zero attached hydrogens (tertiary/aromatic N) is 4.